The van der Waals surface area contributed by atoms with Crippen LogP contribution in [-0.2, 0) is 14.9 Å². The van der Waals surface area contributed by atoms with Crippen molar-refractivity contribution in [2.45, 2.75) is 70.7 Å². The summed E-state index contributed by atoms with van der Waals surface area (Å²) in [4.78, 5) is 2.39. The van der Waals surface area contributed by atoms with Gasteiger partial charge in [-0.05, 0) is 55.9 Å². The van der Waals surface area contributed by atoms with Gasteiger partial charge in [0.2, 0.25) is 0 Å². The standard InChI is InChI=1S/C24H31N3O2/c1-24(2,3)21-19-16-17-10-9-15-29-23(17)26(20-13-7-8-14-28-20)22(19)27(25-21)18-11-5-4-6-12-18/h4-6,11-12,16,20,23H,7-10,13-15H2,1-3H3. The Morgan fingerprint density at radius 2 is 1.79 bits per heavy atom. The minimum atomic E-state index is -0.0530. The summed E-state index contributed by atoms with van der Waals surface area (Å²) in [6, 6.07) is 10.4. The lowest BCUT2D eigenvalue weighted by molar-refractivity contribution is -0.0323. The molecule has 4 heterocycles. The van der Waals surface area contributed by atoms with Crippen LogP contribution in [0.2, 0.25) is 0 Å². The number of ether oxygens (including phenoxy) is 2. The van der Waals surface area contributed by atoms with Crippen molar-refractivity contribution in [1.82, 2.24) is 9.78 Å². The first-order chi connectivity index (χ1) is 14.0. The van der Waals surface area contributed by atoms with Gasteiger partial charge in [-0.15, -0.1) is 0 Å². The zero-order valence-electron chi connectivity index (χ0n) is 17.7. The molecule has 0 saturated carbocycles. The van der Waals surface area contributed by atoms with Gasteiger partial charge in [-0.1, -0.05) is 39.0 Å². The van der Waals surface area contributed by atoms with Crippen LogP contribution in [0, 0.1) is 0 Å². The number of fused-ring (bicyclic) bond motifs is 2. The predicted molar refractivity (Wildman–Crippen MR) is 115 cm³/mol. The second kappa shape index (κ2) is 7.29. The lowest BCUT2D eigenvalue weighted by atomic mass is 9.86. The zero-order chi connectivity index (χ0) is 20.0. The van der Waals surface area contributed by atoms with Gasteiger partial charge in [0.15, 0.2) is 6.23 Å². The molecular formula is C24H31N3O2. The van der Waals surface area contributed by atoms with Crippen molar-refractivity contribution >= 4 is 11.9 Å². The highest BCUT2D eigenvalue weighted by Crippen LogP contribution is 2.44. The molecule has 2 unspecified atom stereocenters. The number of hydrogen-bond acceptors (Lipinski definition) is 4. The Hall–Kier alpha value is -2.11. The summed E-state index contributed by atoms with van der Waals surface area (Å²) >= 11 is 0. The molecule has 3 aliphatic rings. The van der Waals surface area contributed by atoms with Gasteiger partial charge in [-0.2, -0.15) is 5.10 Å². The maximum atomic E-state index is 6.33. The summed E-state index contributed by atoms with van der Waals surface area (Å²) in [5.74, 6) is 1.11. The molecule has 0 bridgehead atoms. The summed E-state index contributed by atoms with van der Waals surface area (Å²) in [5, 5.41) is 5.16. The average Bonchev–Trinajstić information content (AvgIpc) is 3.13. The minimum Gasteiger partial charge on any atom is -0.358 e. The zero-order valence-corrected chi connectivity index (χ0v) is 17.7. The van der Waals surface area contributed by atoms with Crippen LogP contribution in [0.3, 0.4) is 0 Å². The van der Waals surface area contributed by atoms with Crippen molar-refractivity contribution < 1.29 is 9.47 Å². The van der Waals surface area contributed by atoms with Crippen molar-refractivity contribution in [2.24, 2.45) is 0 Å². The predicted octanol–water partition coefficient (Wildman–Crippen LogP) is 5.04. The lowest BCUT2D eigenvalue weighted by Gasteiger charge is -2.45. The highest BCUT2D eigenvalue weighted by Gasteiger charge is 2.42. The molecule has 1 aromatic carbocycles. The SMILES string of the molecule is CC(C)(C)c1nn(-c2ccccc2)c2c1C=C1CCCOC1N2C1CCCCO1. The van der Waals surface area contributed by atoms with E-state index in [9.17, 15) is 0 Å². The van der Waals surface area contributed by atoms with Crippen molar-refractivity contribution in [3.05, 3.63) is 47.2 Å². The fraction of sp³-hybridized carbons (Fsp3) is 0.542. The molecule has 2 atom stereocenters. The van der Waals surface area contributed by atoms with Gasteiger partial charge in [-0.25, -0.2) is 4.68 Å². The van der Waals surface area contributed by atoms with E-state index in [0.29, 0.717) is 0 Å². The summed E-state index contributed by atoms with van der Waals surface area (Å²) in [6.07, 6.45) is 7.84. The Morgan fingerprint density at radius 1 is 1.00 bits per heavy atom. The van der Waals surface area contributed by atoms with E-state index in [4.69, 9.17) is 14.6 Å². The number of hydrogen-bond donors (Lipinski definition) is 0. The Bertz CT molecular complexity index is 904. The smallest absolute Gasteiger partial charge is 0.155 e. The third-order valence-corrected chi connectivity index (χ3v) is 6.10. The normalized spacial score (nSPS) is 24.7. The van der Waals surface area contributed by atoms with Crippen LogP contribution in [0.25, 0.3) is 11.8 Å². The number of nitrogens with zero attached hydrogens (tertiary/aromatic N) is 3. The van der Waals surface area contributed by atoms with Crippen LogP contribution in [0.4, 0.5) is 5.82 Å². The summed E-state index contributed by atoms with van der Waals surface area (Å²) in [6.45, 7) is 8.34. The van der Waals surface area contributed by atoms with Crippen LogP contribution in [-0.4, -0.2) is 35.5 Å². The van der Waals surface area contributed by atoms with E-state index in [1.54, 1.807) is 0 Å². The lowest BCUT2D eigenvalue weighted by Crippen LogP contribution is -2.51. The van der Waals surface area contributed by atoms with Gasteiger partial charge in [0.1, 0.15) is 12.0 Å². The monoisotopic (exact) mass is 393 g/mol. The fourth-order valence-electron chi connectivity index (χ4n) is 4.74. The topological polar surface area (TPSA) is 39.5 Å². The number of para-hydroxylation sites is 1. The Labute approximate surface area is 173 Å². The second-order valence-electron chi connectivity index (χ2n) is 9.36. The molecule has 29 heavy (non-hydrogen) atoms. The first kappa shape index (κ1) is 18.9. The molecule has 154 valence electrons. The molecule has 0 aliphatic carbocycles. The highest BCUT2D eigenvalue weighted by atomic mass is 16.5. The fourth-order valence-corrected chi connectivity index (χ4v) is 4.74. The largest absolute Gasteiger partial charge is 0.358 e. The molecule has 1 aromatic heterocycles. The third kappa shape index (κ3) is 3.30. The van der Waals surface area contributed by atoms with Crippen molar-refractivity contribution in [2.75, 3.05) is 18.1 Å². The molecule has 5 heteroatoms. The average molecular weight is 394 g/mol. The van der Waals surface area contributed by atoms with Gasteiger partial charge in [0.25, 0.3) is 0 Å². The van der Waals surface area contributed by atoms with Gasteiger partial charge in [0.05, 0.1) is 11.4 Å². The molecule has 3 aliphatic heterocycles. The summed E-state index contributed by atoms with van der Waals surface area (Å²) < 4.78 is 14.7. The molecule has 0 radical (unpaired) electrons. The van der Waals surface area contributed by atoms with Crippen LogP contribution >= 0.6 is 0 Å². The number of rotatable bonds is 2. The van der Waals surface area contributed by atoms with Crippen molar-refractivity contribution in [3.63, 3.8) is 0 Å². The molecule has 0 spiro atoms. The molecule has 2 saturated heterocycles. The Morgan fingerprint density at radius 3 is 2.52 bits per heavy atom. The Balaban J connectivity index is 1.74. The number of benzene rings is 1. The van der Waals surface area contributed by atoms with Gasteiger partial charge in [0, 0.05) is 24.2 Å². The molecule has 0 amide bonds. The quantitative estimate of drug-likeness (QED) is 0.717. The van der Waals surface area contributed by atoms with E-state index in [2.05, 4.69) is 60.7 Å². The molecule has 5 rings (SSSR count). The van der Waals surface area contributed by atoms with Gasteiger partial charge < -0.3 is 14.4 Å². The van der Waals surface area contributed by atoms with Crippen LogP contribution in [0.15, 0.2) is 35.9 Å². The molecule has 2 fully saturated rings. The number of aromatic nitrogens is 2. The third-order valence-electron chi connectivity index (χ3n) is 6.10. The highest BCUT2D eigenvalue weighted by molar-refractivity contribution is 5.76. The van der Waals surface area contributed by atoms with Crippen molar-refractivity contribution in [3.8, 4) is 5.69 Å². The van der Waals surface area contributed by atoms with Crippen LogP contribution in [0.5, 0.6) is 0 Å². The van der Waals surface area contributed by atoms with Crippen LogP contribution in [0.1, 0.15) is 64.1 Å². The summed E-state index contributed by atoms with van der Waals surface area (Å²) in [5.41, 5.74) is 4.74. The first-order valence-electron chi connectivity index (χ1n) is 10.9. The van der Waals surface area contributed by atoms with E-state index in [1.807, 2.05) is 6.07 Å². The maximum absolute atomic E-state index is 6.33. The molecule has 2 aromatic rings. The van der Waals surface area contributed by atoms with Crippen molar-refractivity contribution in [1.29, 1.82) is 0 Å². The first-order valence-corrected chi connectivity index (χ1v) is 10.9. The van der Waals surface area contributed by atoms with E-state index < -0.39 is 0 Å². The maximum Gasteiger partial charge on any atom is 0.155 e. The van der Waals surface area contributed by atoms with E-state index in [1.165, 1.54) is 17.6 Å². The molecule has 0 N–H and O–H groups in total. The molecular weight excluding hydrogens is 362 g/mol. The van der Waals surface area contributed by atoms with Gasteiger partial charge in [-0.3, -0.25) is 0 Å². The summed E-state index contributed by atoms with van der Waals surface area (Å²) in [7, 11) is 0. The van der Waals surface area contributed by atoms with Crippen LogP contribution < -0.4 is 4.90 Å². The Kier molecular flexibility index (Phi) is 4.75. The van der Waals surface area contributed by atoms with E-state index in [0.717, 1.165) is 56.1 Å². The minimum absolute atomic E-state index is 0.0290. The second-order valence-corrected chi connectivity index (χ2v) is 9.36. The van der Waals surface area contributed by atoms with Gasteiger partial charge >= 0.3 is 0 Å². The molecule has 5 nitrogen and oxygen atoms in total. The van der Waals surface area contributed by atoms with E-state index in [-0.39, 0.29) is 17.9 Å². The number of anilines is 1. The van der Waals surface area contributed by atoms with E-state index >= 15 is 0 Å².